The van der Waals surface area contributed by atoms with Crippen molar-refractivity contribution in [1.82, 2.24) is 5.32 Å². The highest BCUT2D eigenvalue weighted by atomic mass is 16.5. The van der Waals surface area contributed by atoms with Crippen LogP contribution in [-0.4, -0.2) is 42.4 Å². The molecule has 4 N–H and O–H groups in total. The van der Waals surface area contributed by atoms with Crippen molar-refractivity contribution >= 4 is 23.4 Å². The van der Waals surface area contributed by atoms with Gasteiger partial charge < -0.3 is 20.5 Å². The monoisotopic (exact) mass is 293 g/mol. The van der Waals surface area contributed by atoms with Crippen molar-refractivity contribution in [1.29, 1.82) is 0 Å². The fourth-order valence-electron chi connectivity index (χ4n) is 2.07. The van der Waals surface area contributed by atoms with Crippen molar-refractivity contribution in [3.8, 4) is 0 Å². The maximum absolute atomic E-state index is 11.9. The molecular formula is C14H19N3O4. The van der Waals surface area contributed by atoms with E-state index in [0.29, 0.717) is 30.9 Å². The fraction of sp³-hybridized carbons (Fsp3) is 0.429. The molecule has 2 rings (SSSR count). The van der Waals surface area contributed by atoms with Gasteiger partial charge in [-0.1, -0.05) is 0 Å². The third-order valence-corrected chi connectivity index (χ3v) is 3.10. The minimum Gasteiger partial charge on any atom is -0.450 e. The number of carbonyl (C=O) groups excluding carboxylic acids is 2. The summed E-state index contributed by atoms with van der Waals surface area (Å²) in [6.07, 6.45) is -0.579. The summed E-state index contributed by atoms with van der Waals surface area (Å²) in [4.78, 5) is 23.2. The van der Waals surface area contributed by atoms with Crippen LogP contribution in [0.3, 0.4) is 0 Å². The third-order valence-electron chi connectivity index (χ3n) is 3.10. The van der Waals surface area contributed by atoms with Gasteiger partial charge in [0.05, 0.1) is 18.8 Å². The number of nitrogens with one attached hydrogen (secondary N) is 3. The summed E-state index contributed by atoms with van der Waals surface area (Å²) in [6, 6.07) is 6.33. The lowest BCUT2D eigenvalue weighted by Crippen LogP contribution is -2.35. The number of benzene rings is 1. The highest BCUT2D eigenvalue weighted by Gasteiger charge is 2.27. The van der Waals surface area contributed by atoms with Crippen LogP contribution < -0.4 is 16.0 Å². The van der Waals surface area contributed by atoms with Gasteiger partial charge in [-0.25, -0.2) is 4.79 Å². The standard InChI is InChI=1S/C14H19N3O4/c1-2-21-14(20)17-10-5-3-9(4-6-10)16-13(19)12-7-11(18)8-15-12/h3-6,11-12,15,18H,2,7-8H2,1H3,(H,16,19)(H,17,20). The number of aliphatic hydroxyl groups is 1. The van der Waals surface area contributed by atoms with Gasteiger partial charge >= 0.3 is 6.09 Å². The van der Waals surface area contributed by atoms with Crippen molar-refractivity contribution in [2.45, 2.75) is 25.5 Å². The number of anilines is 2. The molecule has 0 aromatic heterocycles. The lowest BCUT2D eigenvalue weighted by atomic mass is 10.2. The van der Waals surface area contributed by atoms with Crippen molar-refractivity contribution in [3.05, 3.63) is 24.3 Å². The van der Waals surface area contributed by atoms with Gasteiger partial charge in [-0.2, -0.15) is 0 Å². The van der Waals surface area contributed by atoms with Gasteiger partial charge in [-0.3, -0.25) is 10.1 Å². The molecule has 1 fully saturated rings. The molecule has 2 unspecified atom stereocenters. The molecule has 0 spiro atoms. The molecule has 21 heavy (non-hydrogen) atoms. The summed E-state index contributed by atoms with van der Waals surface area (Å²) >= 11 is 0. The molecule has 1 heterocycles. The van der Waals surface area contributed by atoms with Gasteiger partial charge in [-0.15, -0.1) is 0 Å². The summed E-state index contributed by atoms with van der Waals surface area (Å²) < 4.78 is 4.77. The molecule has 114 valence electrons. The second-order valence-electron chi connectivity index (χ2n) is 4.76. The van der Waals surface area contributed by atoms with Crippen molar-refractivity contribution < 1.29 is 19.4 Å². The zero-order chi connectivity index (χ0) is 15.2. The Morgan fingerprint density at radius 3 is 2.43 bits per heavy atom. The molecule has 1 aliphatic rings. The van der Waals surface area contributed by atoms with Crippen LogP contribution in [0.2, 0.25) is 0 Å². The molecule has 0 aliphatic carbocycles. The molecule has 0 bridgehead atoms. The lowest BCUT2D eigenvalue weighted by molar-refractivity contribution is -0.117. The Bertz CT molecular complexity index is 503. The Hall–Kier alpha value is -2.12. The number of β-amino-alcohol motifs (C(OH)–C–C–N with tert-alkyl or cyclic N) is 1. The maximum atomic E-state index is 11.9. The van der Waals surface area contributed by atoms with Crippen molar-refractivity contribution in [3.63, 3.8) is 0 Å². The number of ether oxygens (including phenoxy) is 1. The molecule has 1 aromatic carbocycles. The summed E-state index contributed by atoms with van der Waals surface area (Å²) in [5.74, 6) is -0.183. The first-order valence-electron chi connectivity index (χ1n) is 6.84. The molecule has 7 heteroatoms. The SMILES string of the molecule is CCOC(=O)Nc1ccc(NC(=O)C2CC(O)CN2)cc1. The first-order valence-corrected chi connectivity index (χ1v) is 6.84. The maximum Gasteiger partial charge on any atom is 0.411 e. The average molecular weight is 293 g/mol. The van der Waals surface area contributed by atoms with Gasteiger partial charge in [0.1, 0.15) is 0 Å². The van der Waals surface area contributed by atoms with Gasteiger partial charge in [0.2, 0.25) is 5.91 Å². The van der Waals surface area contributed by atoms with Crippen LogP contribution in [0.15, 0.2) is 24.3 Å². The zero-order valence-electron chi connectivity index (χ0n) is 11.8. The smallest absolute Gasteiger partial charge is 0.411 e. The summed E-state index contributed by atoms with van der Waals surface area (Å²) in [5.41, 5.74) is 1.21. The zero-order valence-corrected chi connectivity index (χ0v) is 11.8. The first kappa shape index (κ1) is 15.3. The molecule has 2 amide bonds. The second-order valence-corrected chi connectivity index (χ2v) is 4.76. The molecule has 0 radical (unpaired) electrons. The van der Waals surface area contributed by atoms with Crippen LogP contribution in [0.1, 0.15) is 13.3 Å². The largest absolute Gasteiger partial charge is 0.450 e. The van der Waals surface area contributed by atoms with E-state index >= 15 is 0 Å². The molecule has 1 aromatic rings. The molecule has 1 aliphatic heterocycles. The van der Waals surface area contributed by atoms with Crippen LogP contribution >= 0.6 is 0 Å². The summed E-state index contributed by atoms with van der Waals surface area (Å²) in [6.45, 7) is 2.47. The quantitative estimate of drug-likeness (QED) is 0.661. The molecular weight excluding hydrogens is 274 g/mol. The van der Waals surface area contributed by atoms with Gasteiger partial charge in [0, 0.05) is 17.9 Å². The number of hydrogen-bond acceptors (Lipinski definition) is 5. The minimum atomic E-state index is -0.515. The van der Waals surface area contributed by atoms with Crippen LogP contribution in [0.4, 0.5) is 16.2 Å². The van der Waals surface area contributed by atoms with E-state index in [9.17, 15) is 14.7 Å². The predicted octanol–water partition coefficient (Wildman–Crippen LogP) is 0.916. The summed E-state index contributed by atoms with van der Waals surface area (Å²) in [5, 5.41) is 17.6. The number of rotatable bonds is 4. The third kappa shape index (κ3) is 4.44. The van der Waals surface area contributed by atoms with Crippen molar-refractivity contribution in [2.75, 3.05) is 23.8 Å². The second kappa shape index (κ2) is 7.05. The predicted molar refractivity (Wildman–Crippen MR) is 78.1 cm³/mol. The van der Waals surface area contributed by atoms with E-state index in [1.807, 2.05) is 0 Å². The Balaban J connectivity index is 1.87. The Morgan fingerprint density at radius 1 is 1.29 bits per heavy atom. The van der Waals surface area contributed by atoms with E-state index < -0.39 is 12.2 Å². The Kier molecular flexibility index (Phi) is 5.13. The Morgan fingerprint density at radius 2 is 1.90 bits per heavy atom. The first-order chi connectivity index (χ1) is 10.1. The number of hydrogen-bond donors (Lipinski definition) is 4. The normalized spacial score (nSPS) is 20.9. The highest BCUT2D eigenvalue weighted by Crippen LogP contribution is 2.15. The van der Waals surface area contributed by atoms with Crippen LogP contribution in [-0.2, 0) is 9.53 Å². The number of amides is 2. The van der Waals surface area contributed by atoms with Crippen LogP contribution in [0.25, 0.3) is 0 Å². The fourth-order valence-corrected chi connectivity index (χ4v) is 2.07. The topological polar surface area (TPSA) is 99.7 Å². The van der Waals surface area contributed by atoms with Crippen molar-refractivity contribution in [2.24, 2.45) is 0 Å². The van der Waals surface area contributed by atoms with E-state index in [2.05, 4.69) is 16.0 Å². The number of aliphatic hydroxyl groups excluding tert-OH is 1. The van der Waals surface area contributed by atoms with E-state index in [4.69, 9.17) is 4.74 Å². The number of carbonyl (C=O) groups is 2. The molecule has 1 saturated heterocycles. The average Bonchev–Trinajstić information content (AvgIpc) is 2.88. The molecule has 2 atom stereocenters. The molecule has 0 saturated carbocycles. The van der Waals surface area contributed by atoms with Crippen LogP contribution in [0, 0.1) is 0 Å². The van der Waals surface area contributed by atoms with E-state index in [-0.39, 0.29) is 11.9 Å². The summed E-state index contributed by atoms with van der Waals surface area (Å²) in [7, 11) is 0. The van der Waals surface area contributed by atoms with Crippen LogP contribution in [0.5, 0.6) is 0 Å². The van der Waals surface area contributed by atoms with Gasteiger partial charge in [0.15, 0.2) is 0 Å². The van der Waals surface area contributed by atoms with Gasteiger partial charge in [-0.05, 0) is 37.6 Å². The highest BCUT2D eigenvalue weighted by molar-refractivity contribution is 5.95. The lowest BCUT2D eigenvalue weighted by Gasteiger charge is -2.11. The minimum absolute atomic E-state index is 0.183. The van der Waals surface area contributed by atoms with E-state index in [1.165, 1.54) is 0 Å². The van der Waals surface area contributed by atoms with E-state index in [1.54, 1.807) is 31.2 Å². The van der Waals surface area contributed by atoms with E-state index in [0.717, 1.165) is 0 Å². The van der Waals surface area contributed by atoms with Gasteiger partial charge in [0.25, 0.3) is 0 Å². The molecule has 7 nitrogen and oxygen atoms in total. The Labute approximate surface area is 122 Å².